The van der Waals surface area contributed by atoms with Crippen molar-refractivity contribution in [2.75, 3.05) is 11.1 Å². The van der Waals surface area contributed by atoms with Gasteiger partial charge in [-0.1, -0.05) is 26.0 Å². The summed E-state index contributed by atoms with van der Waals surface area (Å²) in [7, 11) is 0. The third kappa shape index (κ3) is 3.92. The van der Waals surface area contributed by atoms with Crippen molar-refractivity contribution in [1.29, 1.82) is 0 Å². The largest absolute Gasteiger partial charge is 0.437 e. The van der Waals surface area contributed by atoms with Gasteiger partial charge in [-0.2, -0.15) is 4.98 Å². The van der Waals surface area contributed by atoms with Gasteiger partial charge < -0.3 is 15.8 Å². The van der Waals surface area contributed by atoms with Crippen LogP contribution in [-0.4, -0.2) is 15.9 Å². The average molecular weight is 286 g/mol. The van der Waals surface area contributed by atoms with Gasteiger partial charge in [-0.05, 0) is 12.1 Å². The fraction of sp³-hybridized carbons (Fsp3) is 0.267. The Morgan fingerprint density at radius 3 is 2.67 bits per heavy atom. The topological polar surface area (TPSA) is 90.1 Å². The molecule has 6 nitrogen and oxygen atoms in total. The first-order valence-corrected chi connectivity index (χ1v) is 6.64. The molecule has 0 unspecified atom stereocenters. The van der Waals surface area contributed by atoms with E-state index in [-0.39, 0.29) is 11.8 Å². The lowest BCUT2D eigenvalue weighted by Crippen LogP contribution is -2.07. The van der Waals surface area contributed by atoms with E-state index >= 15 is 0 Å². The van der Waals surface area contributed by atoms with E-state index in [1.165, 1.54) is 6.92 Å². The predicted molar refractivity (Wildman–Crippen MR) is 81.4 cm³/mol. The third-order valence-electron chi connectivity index (χ3n) is 2.67. The number of benzene rings is 1. The Hall–Kier alpha value is -2.63. The normalized spacial score (nSPS) is 10.5. The number of hydrogen-bond acceptors (Lipinski definition) is 5. The maximum Gasteiger partial charge on any atom is 0.224 e. The minimum absolute atomic E-state index is 0.140. The standard InChI is InChI=1S/C15H18N4O2/c1-9(2)15-18-13(16)8-14(19-15)21-12-7-5-4-6-11(12)17-10(3)20/h4-9H,1-3H3,(H,17,20)(H2,16,18,19). The van der Waals surface area contributed by atoms with Gasteiger partial charge in [0.2, 0.25) is 11.8 Å². The summed E-state index contributed by atoms with van der Waals surface area (Å²) in [5.74, 6) is 1.78. The molecule has 6 heteroatoms. The number of amides is 1. The highest BCUT2D eigenvalue weighted by Gasteiger charge is 2.10. The Kier molecular flexibility index (Phi) is 4.37. The summed E-state index contributed by atoms with van der Waals surface area (Å²) in [6.45, 7) is 5.39. The highest BCUT2D eigenvalue weighted by Crippen LogP contribution is 2.29. The molecule has 1 aromatic carbocycles. The zero-order chi connectivity index (χ0) is 15.4. The van der Waals surface area contributed by atoms with Crippen LogP contribution in [0.1, 0.15) is 32.5 Å². The monoisotopic (exact) mass is 286 g/mol. The molecule has 21 heavy (non-hydrogen) atoms. The van der Waals surface area contributed by atoms with Gasteiger partial charge in [-0.3, -0.25) is 4.79 Å². The molecule has 0 aliphatic heterocycles. The van der Waals surface area contributed by atoms with Crippen LogP contribution in [0.15, 0.2) is 30.3 Å². The van der Waals surface area contributed by atoms with Crippen molar-refractivity contribution in [3.63, 3.8) is 0 Å². The van der Waals surface area contributed by atoms with Crippen LogP contribution in [0.4, 0.5) is 11.5 Å². The fourth-order valence-electron chi connectivity index (χ4n) is 1.73. The van der Waals surface area contributed by atoms with Gasteiger partial charge in [0.05, 0.1) is 5.69 Å². The third-order valence-corrected chi connectivity index (χ3v) is 2.67. The minimum atomic E-state index is -0.170. The first kappa shape index (κ1) is 14.8. The molecule has 0 aliphatic rings. The minimum Gasteiger partial charge on any atom is -0.437 e. The van der Waals surface area contributed by atoms with Gasteiger partial charge in [0.25, 0.3) is 0 Å². The van der Waals surface area contributed by atoms with E-state index in [9.17, 15) is 4.79 Å². The Morgan fingerprint density at radius 1 is 1.29 bits per heavy atom. The molecule has 1 heterocycles. The van der Waals surface area contributed by atoms with Crippen LogP contribution < -0.4 is 15.8 Å². The van der Waals surface area contributed by atoms with Gasteiger partial charge in [0, 0.05) is 18.9 Å². The second kappa shape index (κ2) is 6.21. The number of carbonyl (C=O) groups is 1. The van der Waals surface area contributed by atoms with Crippen molar-refractivity contribution in [3.05, 3.63) is 36.2 Å². The first-order valence-electron chi connectivity index (χ1n) is 6.64. The summed E-state index contributed by atoms with van der Waals surface area (Å²) in [6.07, 6.45) is 0. The molecule has 0 radical (unpaired) electrons. The molecule has 2 aromatic rings. The van der Waals surface area contributed by atoms with Crippen molar-refractivity contribution in [2.24, 2.45) is 0 Å². The lowest BCUT2D eigenvalue weighted by molar-refractivity contribution is -0.114. The number of carbonyl (C=O) groups excluding carboxylic acids is 1. The molecule has 0 atom stereocenters. The van der Waals surface area contributed by atoms with E-state index in [1.807, 2.05) is 26.0 Å². The van der Waals surface area contributed by atoms with E-state index in [0.29, 0.717) is 29.0 Å². The summed E-state index contributed by atoms with van der Waals surface area (Å²) >= 11 is 0. The maximum absolute atomic E-state index is 11.2. The second-order valence-electron chi connectivity index (χ2n) is 4.92. The number of nitrogen functional groups attached to an aromatic ring is 1. The molecule has 1 aromatic heterocycles. The fourth-order valence-corrected chi connectivity index (χ4v) is 1.73. The lowest BCUT2D eigenvalue weighted by atomic mass is 10.2. The second-order valence-corrected chi connectivity index (χ2v) is 4.92. The molecule has 0 bridgehead atoms. The lowest BCUT2D eigenvalue weighted by Gasteiger charge is -2.12. The quantitative estimate of drug-likeness (QED) is 0.901. The average Bonchev–Trinajstić information content (AvgIpc) is 2.39. The van der Waals surface area contributed by atoms with Gasteiger partial charge >= 0.3 is 0 Å². The van der Waals surface area contributed by atoms with Crippen LogP contribution in [0, 0.1) is 0 Å². The molecule has 0 spiro atoms. The molecule has 0 saturated carbocycles. The van der Waals surface area contributed by atoms with Crippen LogP contribution in [0.5, 0.6) is 11.6 Å². The van der Waals surface area contributed by atoms with Crippen LogP contribution in [-0.2, 0) is 4.79 Å². The predicted octanol–water partition coefficient (Wildman–Crippen LogP) is 2.93. The number of nitrogens with zero attached hydrogens (tertiary/aromatic N) is 2. The molecule has 1 amide bonds. The molecule has 110 valence electrons. The number of para-hydroxylation sites is 2. The number of nitrogens with one attached hydrogen (secondary N) is 1. The Labute approximate surface area is 123 Å². The highest BCUT2D eigenvalue weighted by atomic mass is 16.5. The smallest absolute Gasteiger partial charge is 0.224 e. The summed E-state index contributed by atoms with van der Waals surface area (Å²) in [4.78, 5) is 19.7. The SMILES string of the molecule is CC(=O)Nc1ccccc1Oc1cc(N)nc(C(C)C)n1. The van der Waals surface area contributed by atoms with Crippen molar-refractivity contribution in [3.8, 4) is 11.6 Å². The Morgan fingerprint density at radius 2 is 2.00 bits per heavy atom. The Balaban J connectivity index is 2.32. The van der Waals surface area contributed by atoms with E-state index in [0.717, 1.165) is 0 Å². The number of nitrogens with two attached hydrogens (primary N) is 1. The van der Waals surface area contributed by atoms with Crippen molar-refractivity contribution < 1.29 is 9.53 Å². The summed E-state index contributed by atoms with van der Waals surface area (Å²) < 4.78 is 5.74. The molecular weight excluding hydrogens is 268 g/mol. The molecule has 0 aliphatic carbocycles. The van der Waals surface area contributed by atoms with Crippen molar-refractivity contribution in [1.82, 2.24) is 9.97 Å². The van der Waals surface area contributed by atoms with Gasteiger partial charge in [0.1, 0.15) is 11.6 Å². The van der Waals surface area contributed by atoms with Crippen LogP contribution in [0.2, 0.25) is 0 Å². The number of anilines is 2. The van der Waals surface area contributed by atoms with E-state index in [1.54, 1.807) is 18.2 Å². The summed E-state index contributed by atoms with van der Waals surface area (Å²) in [5, 5.41) is 2.71. The van der Waals surface area contributed by atoms with Gasteiger partial charge in [-0.25, -0.2) is 4.98 Å². The molecular formula is C15H18N4O2. The number of hydrogen-bond donors (Lipinski definition) is 2. The molecule has 0 saturated heterocycles. The van der Waals surface area contributed by atoms with Crippen LogP contribution >= 0.6 is 0 Å². The maximum atomic E-state index is 11.2. The molecule has 2 rings (SSSR count). The Bertz CT molecular complexity index is 656. The van der Waals surface area contributed by atoms with Crippen molar-refractivity contribution in [2.45, 2.75) is 26.7 Å². The van der Waals surface area contributed by atoms with E-state index < -0.39 is 0 Å². The summed E-state index contributed by atoms with van der Waals surface area (Å²) in [6, 6.07) is 8.68. The zero-order valence-corrected chi connectivity index (χ0v) is 12.3. The van der Waals surface area contributed by atoms with Gasteiger partial charge in [-0.15, -0.1) is 0 Å². The number of rotatable bonds is 4. The summed E-state index contributed by atoms with van der Waals surface area (Å²) in [5.41, 5.74) is 6.35. The number of aromatic nitrogens is 2. The van der Waals surface area contributed by atoms with Crippen LogP contribution in [0.25, 0.3) is 0 Å². The first-order chi connectivity index (χ1) is 9.95. The zero-order valence-electron chi connectivity index (χ0n) is 12.3. The molecule has 0 fully saturated rings. The highest BCUT2D eigenvalue weighted by molar-refractivity contribution is 5.90. The van der Waals surface area contributed by atoms with E-state index in [2.05, 4.69) is 15.3 Å². The van der Waals surface area contributed by atoms with E-state index in [4.69, 9.17) is 10.5 Å². The van der Waals surface area contributed by atoms with Crippen LogP contribution in [0.3, 0.4) is 0 Å². The van der Waals surface area contributed by atoms with Crippen molar-refractivity contribution >= 4 is 17.4 Å². The number of ether oxygens (including phenoxy) is 1. The van der Waals surface area contributed by atoms with Gasteiger partial charge in [0.15, 0.2) is 5.75 Å². The molecule has 3 N–H and O–H groups in total.